The second-order valence-corrected chi connectivity index (χ2v) is 10.4. The monoisotopic (exact) mass is 513 g/mol. The Morgan fingerprint density at radius 2 is 1.92 bits per heavy atom. The standard InChI is InChI=1S/C25H43N3O8/c1-15(2)8-9-17-22(35-17)20-21(32-3)18(10-11-25(20)14-34-25)36-24(31)28-16(23(30)33-4)7-5-6-12-27-19(29)13-26/h15-18,20-22H,5-14,26H2,1-4H3,(H,27,29)(H,28,31). The van der Waals surface area contributed by atoms with E-state index in [9.17, 15) is 14.4 Å². The minimum absolute atomic E-state index is 0.00801. The van der Waals surface area contributed by atoms with Gasteiger partial charge in [0.15, 0.2) is 0 Å². The minimum Gasteiger partial charge on any atom is -0.467 e. The smallest absolute Gasteiger partial charge is 0.408 e. The van der Waals surface area contributed by atoms with Gasteiger partial charge < -0.3 is 40.1 Å². The summed E-state index contributed by atoms with van der Waals surface area (Å²) in [5.41, 5.74) is 5.00. The van der Waals surface area contributed by atoms with E-state index >= 15 is 0 Å². The number of epoxide rings is 2. The Morgan fingerprint density at radius 1 is 1.17 bits per heavy atom. The average Bonchev–Trinajstić information content (AvgIpc) is 3.79. The quantitative estimate of drug-likeness (QED) is 0.177. The van der Waals surface area contributed by atoms with Crippen molar-refractivity contribution in [2.45, 2.75) is 94.9 Å². The van der Waals surface area contributed by atoms with Gasteiger partial charge in [-0.2, -0.15) is 0 Å². The molecule has 3 aliphatic rings. The van der Waals surface area contributed by atoms with Crippen LogP contribution in [0.2, 0.25) is 0 Å². The van der Waals surface area contributed by atoms with E-state index in [1.165, 1.54) is 7.11 Å². The molecule has 7 unspecified atom stereocenters. The lowest BCUT2D eigenvalue weighted by Crippen LogP contribution is -2.54. The molecule has 2 saturated heterocycles. The van der Waals surface area contributed by atoms with Gasteiger partial charge in [-0.25, -0.2) is 9.59 Å². The van der Waals surface area contributed by atoms with Crippen molar-refractivity contribution in [1.82, 2.24) is 10.6 Å². The Hall–Kier alpha value is -1.95. The number of unbranched alkanes of at least 4 members (excludes halogenated alkanes) is 1. The van der Waals surface area contributed by atoms with Crippen LogP contribution in [0.3, 0.4) is 0 Å². The first kappa shape index (κ1) is 28.6. The number of nitrogens with two attached hydrogens (primary N) is 1. The molecule has 0 aromatic carbocycles. The molecule has 11 nitrogen and oxygen atoms in total. The molecular formula is C25H43N3O8. The molecule has 36 heavy (non-hydrogen) atoms. The van der Waals surface area contributed by atoms with Gasteiger partial charge in [-0.1, -0.05) is 13.8 Å². The lowest BCUT2D eigenvalue weighted by molar-refractivity contribution is -0.143. The molecular weight excluding hydrogens is 470 g/mol. The van der Waals surface area contributed by atoms with Crippen molar-refractivity contribution >= 4 is 18.0 Å². The first-order valence-corrected chi connectivity index (χ1v) is 13.1. The number of alkyl carbamates (subject to hydrolysis) is 1. The highest BCUT2D eigenvalue weighted by atomic mass is 16.6. The van der Waals surface area contributed by atoms with Crippen molar-refractivity contribution in [3.63, 3.8) is 0 Å². The summed E-state index contributed by atoms with van der Waals surface area (Å²) in [6, 6.07) is -0.849. The van der Waals surface area contributed by atoms with E-state index in [0.29, 0.717) is 44.8 Å². The van der Waals surface area contributed by atoms with E-state index in [1.54, 1.807) is 7.11 Å². The van der Waals surface area contributed by atoms with Gasteiger partial charge >= 0.3 is 12.1 Å². The number of carbonyl (C=O) groups excluding carboxylic acids is 3. The summed E-state index contributed by atoms with van der Waals surface area (Å²) in [7, 11) is 2.90. The molecule has 0 radical (unpaired) electrons. The fourth-order valence-corrected chi connectivity index (χ4v) is 5.27. The van der Waals surface area contributed by atoms with Gasteiger partial charge in [0.1, 0.15) is 18.2 Å². The van der Waals surface area contributed by atoms with Crippen molar-refractivity contribution in [3.05, 3.63) is 0 Å². The van der Waals surface area contributed by atoms with Crippen LogP contribution in [0.15, 0.2) is 0 Å². The zero-order chi connectivity index (χ0) is 26.3. The highest BCUT2D eigenvalue weighted by molar-refractivity contribution is 5.81. The second kappa shape index (κ2) is 13.0. The third-order valence-electron chi connectivity index (χ3n) is 7.43. The van der Waals surface area contributed by atoms with Gasteiger partial charge in [-0.3, -0.25) is 4.79 Å². The summed E-state index contributed by atoms with van der Waals surface area (Å²) >= 11 is 0. The Balaban J connectivity index is 1.53. The molecule has 0 aromatic rings. The average molecular weight is 514 g/mol. The van der Waals surface area contributed by atoms with Crippen LogP contribution in [0.5, 0.6) is 0 Å². The van der Waals surface area contributed by atoms with Gasteiger partial charge in [-0.05, 0) is 50.9 Å². The molecule has 1 aliphatic carbocycles. The van der Waals surface area contributed by atoms with Crippen LogP contribution in [0.1, 0.15) is 58.8 Å². The third-order valence-corrected chi connectivity index (χ3v) is 7.43. The number of hydrogen-bond acceptors (Lipinski definition) is 9. The SMILES string of the molecule is COC(=O)C(CCCCNC(=O)CN)NC(=O)OC1CCC2(CO2)C(C2OC2CCC(C)C)C1OC. The van der Waals surface area contributed by atoms with E-state index in [-0.39, 0.29) is 42.3 Å². The van der Waals surface area contributed by atoms with Gasteiger partial charge in [-0.15, -0.1) is 0 Å². The van der Waals surface area contributed by atoms with Crippen LogP contribution in [-0.2, 0) is 33.3 Å². The largest absolute Gasteiger partial charge is 0.467 e. The molecule has 2 heterocycles. The normalized spacial score (nSPS) is 31.6. The van der Waals surface area contributed by atoms with E-state index in [1.807, 2.05) is 0 Å². The zero-order valence-corrected chi connectivity index (χ0v) is 22.0. The number of rotatable bonds is 14. The van der Waals surface area contributed by atoms with Crippen molar-refractivity contribution in [3.8, 4) is 0 Å². The highest BCUT2D eigenvalue weighted by Gasteiger charge is 2.66. The zero-order valence-electron chi connectivity index (χ0n) is 22.0. The van der Waals surface area contributed by atoms with Gasteiger partial charge in [0.25, 0.3) is 0 Å². The topological polar surface area (TPSA) is 154 Å². The van der Waals surface area contributed by atoms with Crippen molar-refractivity contribution in [2.75, 3.05) is 33.9 Å². The second-order valence-electron chi connectivity index (χ2n) is 10.4. The van der Waals surface area contributed by atoms with E-state index in [0.717, 1.165) is 19.3 Å². The molecule has 1 saturated carbocycles. The lowest BCUT2D eigenvalue weighted by atomic mass is 9.73. The molecule has 7 atom stereocenters. The van der Waals surface area contributed by atoms with Gasteiger partial charge in [0.05, 0.1) is 38.1 Å². The number of esters is 1. The number of amides is 2. The molecule has 206 valence electrons. The van der Waals surface area contributed by atoms with E-state index < -0.39 is 24.2 Å². The van der Waals surface area contributed by atoms with Crippen LogP contribution >= 0.6 is 0 Å². The minimum atomic E-state index is -0.849. The van der Waals surface area contributed by atoms with Crippen molar-refractivity contribution in [1.29, 1.82) is 0 Å². The number of nitrogens with one attached hydrogen (secondary N) is 2. The van der Waals surface area contributed by atoms with Crippen LogP contribution < -0.4 is 16.4 Å². The van der Waals surface area contributed by atoms with Crippen LogP contribution in [0, 0.1) is 11.8 Å². The Morgan fingerprint density at radius 3 is 2.53 bits per heavy atom. The molecule has 1 spiro atoms. The van der Waals surface area contributed by atoms with Crippen LogP contribution in [0.25, 0.3) is 0 Å². The molecule has 2 aliphatic heterocycles. The highest BCUT2D eigenvalue weighted by Crippen LogP contribution is 2.54. The maximum Gasteiger partial charge on any atom is 0.408 e. The Labute approximate surface area is 213 Å². The predicted octanol–water partition coefficient (Wildman–Crippen LogP) is 1.27. The molecule has 0 aromatic heterocycles. The maximum atomic E-state index is 12.8. The summed E-state index contributed by atoms with van der Waals surface area (Å²) in [6.45, 7) is 5.44. The van der Waals surface area contributed by atoms with E-state index in [2.05, 4.69) is 24.5 Å². The number of ether oxygens (including phenoxy) is 5. The molecule has 4 N–H and O–H groups in total. The van der Waals surface area contributed by atoms with Crippen molar-refractivity contribution in [2.24, 2.45) is 17.6 Å². The Kier molecular flexibility index (Phi) is 10.4. The number of hydrogen-bond donors (Lipinski definition) is 3. The number of methoxy groups -OCH3 is 2. The lowest BCUT2D eigenvalue weighted by Gasteiger charge is -2.40. The predicted molar refractivity (Wildman–Crippen MR) is 130 cm³/mol. The van der Waals surface area contributed by atoms with Crippen molar-refractivity contribution < 1.29 is 38.1 Å². The Bertz CT molecular complexity index is 760. The first-order chi connectivity index (χ1) is 17.2. The van der Waals surface area contributed by atoms with Crippen LogP contribution in [0.4, 0.5) is 4.79 Å². The van der Waals surface area contributed by atoms with Gasteiger partial charge in [0.2, 0.25) is 5.91 Å². The molecule has 0 bridgehead atoms. The summed E-state index contributed by atoms with van der Waals surface area (Å²) in [5.74, 6) is -0.183. The molecule has 3 fully saturated rings. The summed E-state index contributed by atoms with van der Waals surface area (Å²) in [5, 5.41) is 5.32. The molecule has 11 heteroatoms. The summed E-state index contributed by atoms with van der Waals surface area (Å²) in [4.78, 5) is 36.3. The fraction of sp³-hybridized carbons (Fsp3) is 0.880. The molecule has 2 amide bonds. The maximum absolute atomic E-state index is 12.8. The summed E-state index contributed by atoms with van der Waals surface area (Å²) in [6.07, 6.45) is 3.73. The first-order valence-electron chi connectivity index (χ1n) is 13.1. The number of carbonyl (C=O) groups is 3. The van der Waals surface area contributed by atoms with E-state index in [4.69, 9.17) is 29.4 Å². The summed E-state index contributed by atoms with van der Waals surface area (Å²) < 4.78 is 28.5. The third kappa shape index (κ3) is 7.53. The molecule has 3 rings (SSSR count). The van der Waals surface area contributed by atoms with Gasteiger partial charge in [0, 0.05) is 19.6 Å². The van der Waals surface area contributed by atoms with Crippen LogP contribution in [-0.4, -0.2) is 87.9 Å². The fourth-order valence-electron chi connectivity index (χ4n) is 5.27.